The van der Waals surface area contributed by atoms with Gasteiger partial charge in [-0.05, 0) is 25.0 Å². The molecule has 0 radical (unpaired) electrons. The largest absolute Gasteiger partial charge is 0.490 e. The fourth-order valence-electron chi connectivity index (χ4n) is 1.90. The van der Waals surface area contributed by atoms with E-state index in [0.29, 0.717) is 19.6 Å². The van der Waals surface area contributed by atoms with E-state index in [-0.39, 0.29) is 11.9 Å². The molecule has 1 aromatic rings. The Kier molecular flexibility index (Phi) is 4.39. The van der Waals surface area contributed by atoms with Crippen LogP contribution in [0.25, 0.3) is 0 Å². The van der Waals surface area contributed by atoms with Gasteiger partial charge in [-0.1, -0.05) is 6.92 Å². The van der Waals surface area contributed by atoms with Crippen molar-refractivity contribution in [2.45, 2.75) is 32.2 Å². The van der Waals surface area contributed by atoms with Crippen LogP contribution < -0.4 is 15.4 Å². The second-order valence-electron chi connectivity index (χ2n) is 4.38. The highest BCUT2D eigenvalue weighted by Crippen LogP contribution is 2.21. The van der Waals surface area contributed by atoms with Crippen molar-refractivity contribution in [1.29, 1.82) is 0 Å². The molecule has 1 aromatic heterocycles. The zero-order chi connectivity index (χ0) is 12.8. The van der Waals surface area contributed by atoms with Crippen molar-refractivity contribution in [2.24, 2.45) is 0 Å². The molecule has 18 heavy (non-hydrogen) atoms. The van der Waals surface area contributed by atoms with E-state index in [1.165, 1.54) is 0 Å². The highest BCUT2D eigenvalue weighted by molar-refractivity contribution is 5.78. The molecule has 1 unspecified atom stereocenters. The first kappa shape index (κ1) is 12.7. The Morgan fingerprint density at radius 3 is 3.22 bits per heavy atom. The summed E-state index contributed by atoms with van der Waals surface area (Å²) >= 11 is 0. The van der Waals surface area contributed by atoms with E-state index in [1.807, 2.05) is 12.1 Å². The molecule has 0 aliphatic carbocycles. The molecule has 1 saturated heterocycles. The predicted molar refractivity (Wildman–Crippen MR) is 69.7 cm³/mol. The van der Waals surface area contributed by atoms with E-state index < -0.39 is 0 Å². The van der Waals surface area contributed by atoms with Crippen LogP contribution in [0.4, 0.5) is 5.82 Å². The van der Waals surface area contributed by atoms with Crippen LogP contribution >= 0.6 is 0 Å². The average Bonchev–Trinajstić information content (AvgIpc) is 2.81. The van der Waals surface area contributed by atoms with Gasteiger partial charge in [-0.2, -0.15) is 0 Å². The number of anilines is 1. The number of pyridine rings is 1. The van der Waals surface area contributed by atoms with Crippen molar-refractivity contribution < 1.29 is 9.53 Å². The van der Waals surface area contributed by atoms with Crippen LogP contribution in [-0.2, 0) is 4.79 Å². The van der Waals surface area contributed by atoms with Gasteiger partial charge in [-0.3, -0.25) is 4.79 Å². The van der Waals surface area contributed by atoms with Crippen molar-refractivity contribution in [3.63, 3.8) is 0 Å². The van der Waals surface area contributed by atoms with E-state index in [4.69, 9.17) is 4.74 Å². The van der Waals surface area contributed by atoms with E-state index in [0.717, 1.165) is 24.4 Å². The van der Waals surface area contributed by atoms with Crippen LogP contribution in [-0.4, -0.2) is 30.1 Å². The summed E-state index contributed by atoms with van der Waals surface area (Å²) in [4.78, 5) is 15.4. The summed E-state index contributed by atoms with van der Waals surface area (Å²) in [5.41, 5.74) is 0. The summed E-state index contributed by atoms with van der Waals surface area (Å²) < 4.78 is 5.61. The van der Waals surface area contributed by atoms with Gasteiger partial charge in [0.25, 0.3) is 0 Å². The Bertz CT molecular complexity index is 409. The number of hydrogen-bond acceptors (Lipinski definition) is 4. The molecule has 2 rings (SSSR count). The second-order valence-corrected chi connectivity index (χ2v) is 4.38. The molecule has 1 amide bonds. The first-order valence-electron chi connectivity index (χ1n) is 6.40. The van der Waals surface area contributed by atoms with Crippen molar-refractivity contribution in [3.05, 3.63) is 18.3 Å². The zero-order valence-corrected chi connectivity index (χ0v) is 10.6. The standard InChI is InChI=1S/C13H19N3O2/c1-2-8-18-11-4-3-7-14-13(11)15-9-10-5-6-12(17)16-10/h3-4,7,10H,2,5-6,8-9H2,1H3,(H,14,15)(H,16,17). The maximum absolute atomic E-state index is 11.1. The number of ether oxygens (including phenoxy) is 1. The molecule has 1 fully saturated rings. The number of carbonyl (C=O) groups is 1. The van der Waals surface area contributed by atoms with Gasteiger partial charge >= 0.3 is 0 Å². The molecule has 2 heterocycles. The smallest absolute Gasteiger partial charge is 0.220 e. The lowest BCUT2D eigenvalue weighted by molar-refractivity contribution is -0.119. The van der Waals surface area contributed by atoms with Gasteiger partial charge in [0, 0.05) is 25.2 Å². The molecule has 1 aliphatic heterocycles. The van der Waals surface area contributed by atoms with Gasteiger partial charge < -0.3 is 15.4 Å². The molecule has 1 atom stereocenters. The number of aromatic nitrogens is 1. The Hall–Kier alpha value is -1.78. The summed E-state index contributed by atoms with van der Waals surface area (Å²) in [6.07, 6.45) is 4.19. The second kappa shape index (κ2) is 6.23. The summed E-state index contributed by atoms with van der Waals surface area (Å²) in [6.45, 7) is 3.43. The quantitative estimate of drug-likeness (QED) is 0.803. The number of carbonyl (C=O) groups excluding carboxylic acids is 1. The minimum Gasteiger partial charge on any atom is -0.490 e. The maximum atomic E-state index is 11.1. The van der Waals surface area contributed by atoms with Gasteiger partial charge in [-0.15, -0.1) is 0 Å². The van der Waals surface area contributed by atoms with Crippen LogP contribution in [0.2, 0.25) is 0 Å². The van der Waals surface area contributed by atoms with E-state index in [1.54, 1.807) is 6.20 Å². The van der Waals surface area contributed by atoms with Crippen molar-refractivity contribution in [1.82, 2.24) is 10.3 Å². The van der Waals surface area contributed by atoms with Crippen LogP contribution in [0.1, 0.15) is 26.2 Å². The number of hydrogen-bond donors (Lipinski definition) is 2. The molecular weight excluding hydrogens is 230 g/mol. The molecule has 1 aliphatic rings. The molecule has 5 nitrogen and oxygen atoms in total. The van der Waals surface area contributed by atoms with Crippen LogP contribution in [0.15, 0.2) is 18.3 Å². The molecular formula is C13H19N3O2. The lowest BCUT2D eigenvalue weighted by Gasteiger charge is -2.14. The molecule has 98 valence electrons. The number of rotatable bonds is 6. The number of nitrogens with zero attached hydrogens (tertiary/aromatic N) is 1. The topological polar surface area (TPSA) is 63.2 Å². The zero-order valence-electron chi connectivity index (χ0n) is 10.6. The highest BCUT2D eigenvalue weighted by atomic mass is 16.5. The van der Waals surface area contributed by atoms with Gasteiger partial charge in [-0.25, -0.2) is 4.98 Å². The van der Waals surface area contributed by atoms with Crippen molar-refractivity contribution in [3.8, 4) is 5.75 Å². The predicted octanol–water partition coefficient (Wildman–Crippen LogP) is 1.56. The third-order valence-corrected chi connectivity index (χ3v) is 2.83. The van der Waals surface area contributed by atoms with Crippen LogP contribution in [0, 0.1) is 0 Å². The van der Waals surface area contributed by atoms with Crippen LogP contribution in [0.5, 0.6) is 5.75 Å². The Morgan fingerprint density at radius 2 is 2.50 bits per heavy atom. The van der Waals surface area contributed by atoms with Gasteiger partial charge in [0.15, 0.2) is 11.6 Å². The molecule has 5 heteroatoms. The Morgan fingerprint density at radius 1 is 1.61 bits per heavy atom. The summed E-state index contributed by atoms with van der Waals surface area (Å²) in [5.74, 6) is 1.64. The first-order valence-corrected chi connectivity index (χ1v) is 6.40. The molecule has 0 aromatic carbocycles. The third kappa shape index (κ3) is 3.35. The fourth-order valence-corrected chi connectivity index (χ4v) is 1.90. The van der Waals surface area contributed by atoms with E-state index >= 15 is 0 Å². The van der Waals surface area contributed by atoms with E-state index in [2.05, 4.69) is 22.5 Å². The Labute approximate surface area is 107 Å². The van der Waals surface area contributed by atoms with Gasteiger partial charge in [0.2, 0.25) is 5.91 Å². The molecule has 2 N–H and O–H groups in total. The number of nitrogens with one attached hydrogen (secondary N) is 2. The number of amides is 1. The average molecular weight is 249 g/mol. The lowest BCUT2D eigenvalue weighted by Crippen LogP contribution is -2.32. The summed E-state index contributed by atoms with van der Waals surface area (Å²) in [7, 11) is 0. The molecule has 0 saturated carbocycles. The summed E-state index contributed by atoms with van der Waals surface area (Å²) in [6, 6.07) is 3.95. The fraction of sp³-hybridized carbons (Fsp3) is 0.538. The minimum absolute atomic E-state index is 0.130. The molecule has 0 spiro atoms. The monoisotopic (exact) mass is 249 g/mol. The normalized spacial score (nSPS) is 18.5. The SMILES string of the molecule is CCCOc1cccnc1NCC1CCC(=O)N1. The molecule has 0 bridgehead atoms. The maximum Gasteiger partial charge on any atom is 0.220 e. The van der Waals surface area contributed by atoms with Crippen molar-refractivity contribution in [2.75, 3.05) is 18.5 Å². The summed E-state index contributed by atoms with van der Waals surface area (Å²) in [5, 5.41) is 6.15. The van der Waals surface area contributed by atoms with Gasteiger partial charge in [0.1, 0.15) is 0 Å². The van der Waals surface area contributed by atoms with Crippen molar-refractivity contribution >= 4 is 11.7 Å². The van der Waals surface area contributed by atoms with Gasteiger partial charge in [0.05, 0.1) is 6.61 Å². The van der Waals surface area contributed by atoms with Crippen LogP contribution in [0.3, 0.4) is 0 Å². The minimum atomic E-state index is 0.130. The highest BCUT2D eigenvalue weighted by Gasteiger charge is 2.20. The first-order chi connectivity index (χ1) is 8.79. The third-order valence-electron chi connectivity index (χ3n) is 2.83. The Balaban J connectivity index is 1.89. The van der Waals surface area contributed by atoms with E-state index in [9.17, 15) is 4.79 Å². The lowest BCUT2D eigenvalue weighted by atomic mass is 10.2.